The van der Waals surface area contributed by atoms with Gasteiger partial charge in [0.2, 0.25) is 0 Å². The molecule has 0 aromatic carbocycles. The molecular formula is C6H4ClN3S. The molecule has 5 heteroatoms. The van der Waals surface area contributed by atoms with E-state index in [1.165, 1.54) is 18.0 Å². The van der Waals surface area contributed by atoms with Gasteiger partial charge in [0.05, 0.1) is 6.20 Å². The van der Waals surface area contributed by atoms with Gasteiger partial charge in [-0.15, -0.1) is 11.8 Å². The summed E-state index contributed by atoms with van der Waals surface area (Å²) in [6.07, 6.45) is 3.18. The van der Waals surface area contributed by atoms with Crippen LogP contribution in [0.25, 0.3) is 0 Å². The third kappa shape index (κ3) is 1.82. The lowest BCUT2D eigenvalue weighted by Crippen LogP contribution is -1.90. The molecule has 0 N–H and O–H groups in total. The Kier molecular flexibility index (Phi) is 2.69. The van der Waals surface area contributed by atoms with Gasteiger partial charge in [-0.3, -0.25) is 0 Å². The standard InChI is InChI=1S/C6H4ClN3S/c1-11-6-4(2-8)9-3-5(7)10-6/h3H,1H3. The van der Waals surface area contributed by atoms with E-state index in [1.807, 2.05) is 12.3 Å². The minimum atomic E-state index is 0.313. The first-order valence-electron chi connectivity index (χ1n) is 2.74. The highest BCUT2D eigenvalue weighted by Crippen LogP contribution is 2.16. The number of thioether (sulfide) groups is 1. The van der Waals surface area contributed by atoms with Gasteiger partial charge < -0.3 is 0 Å². The molecule has 11 heavy (non-hydrogen) atoms. The van der Waals surface area contributed by atoms with Crippen LogP contribution in [-0.2, 0) is 0 Å². The molecule has 1 aromatic heterocycles. The second kappa shape index (κ2) is 3.56. The van der Waals surface area contributed by atoms with Gasteiger partial charge in [0.25, 0.3) is 0 Å². The first-order chi connectivity index (χ1) is 5.27. The zero-order valence-electron chi connectivity index (χ0n) is 5.71. The second-order valence-electron chi connectivity index (χ2n) is 1.66. The van der Waals surface area contributed by atoms with E-state index in [0.29, 0.717) is 15.9 Å². The summed E-state index contributed by atoms with van der Waals surface area (Å²) in [5.74, 6) is 0. The van der Waals surface area contributed by atoms with E-state index in [0.717, 1.165) is 0 Å². The summed E-state index contributed by atoms with van der Waals surface area (Å²) in [6, 6.07) is 1.92. The van der Waals surface area contributed by atoms with E-state index in [2.05, 4.69) is 9.97 Å². The maximum atomic E-state index is 8.53. The fraction of sp³-hybridized carbons (Fsp3) is 0.167. The van der Waals surface area contributed by atoms with Crippen molar-refractivity contribution in [3.8, 4) is 6.07 Å². The van der Waals surface area contributed by atoms with Gasteiger partial charge in [0.1, 0.15) is 16.2 Å². The number of halogens is 1. The summed E-state index contributed by atoms with van der Waals surface area (Å²) in [5.41, 5.74) is 0.321. The van der Waals surface area contributed by atoms with Crippen molar-refractivity contribution >= 4 is 23.4 Å². The van der Waals surface area contributed by atoms with Crippen molar-refractivity contribution in [2.45, 2.75) is 5.03 Å². The normalized spacial score (nSPS) is 9.18. The third-order valence-corrected chi connectivity index (χ3v) is 1.86. The van der Waals surface area contributed by atoms with Crippen LogP contribution in [0.3, 0.4) is 0 Å². The van der Waals surface area contributed by atoms with Gasteiger partial charge in [-0.1, -0.05) is 11.6 Å². The molecule has 0 atom stereocenters. The summed E-state index contributed by atoms with van der Waals surface area (Å²) in [4.78, 5) is 7.70. The van der Waals surface area contributed by atoms with E-state index in [-0.39, 0.29) is 0 Å². The third-order valence-electron chi connectivity index (χ3n) is 1.01. The molecule has 0 fully saturated rings. The van der Waals surface area contributed by atoms with Crippen LogP contribution in [0.5, 0.6) is 0 Å². The lowest BCUT2D eigenvalue weighted by atomic mass is 10.5. The minimum absolute atomic E-state index is 0.313. The highest BCUT2D eigenvalue weighted by molar-refractivity contribution is 7.98. The zero-order valence-corrected chi connectivity index (χ0v) is 7.28. The Hall–Kier alpha value is -0.790. The number of aromatic nitrogens is 2. The average molecular weight is 186 g/mol. The molecule has 0 saturated heterocycles. The molecule has 0 amide bonds. The molecule has 1 rings (SSSR count). The summed E-state index contributed by atoms with van der Waals surface area (Å²) < 4.78 is 0. The Labute approximate surface area is 73.4 Å². The number of hydrogen-bond acceptors (Lipinski definition) is 4. The highest BCUT2D eigenvalue weighted by atomic mass is 35.5. The predicted molar refractivity (Wildman–Crippen MR) is 43.5 cm³/mol. The SMILES string of the molecule is CSc1nc(Cl)cnc1C#N. The van der Waals surface area contributed by atoms with Crippen molar-refractivity contribution in [1.29, 1.82) is 5.26 Å². The van der Waals surface area contributed by atoms with Crippen LogP contribution in [-0.4, -0.2) is 16.2 Å². The molecule has 0 saturated carbocycles. The van der Waals surface area contributed by atoms with Crippen LogP contribution >= 0.6 is 23.4 Å². The Bertz CT molecular complexity index is 307. The second-order valence-corrected chi connectivity index (χ2v) is 2.84. The number of hydrogen-bond donors (Lipinski definition) is 0. The smallest absolute Gasteiger partial charge is 0.172 e. The van der Waals surface area contributed by atoms with Gasteiger partial charge in [-0.25, -0.2) is 9.97 Å². The molecule has 0 bridgehead atoms. The summed E-state index contributed by atoms with van der Waals surface area (Å²) in [6.45, 7) is 0. The molecule has 3 nitrogen and oxygen atoms in total. The van der Waals surface area contributed by atoms with Crippen molar-refractivity contribution in [1.82, 2.24) is 9.97 Å². The predicted octanol–water partition coefficient (Wildman–Crippen LogP) is 1.72. The largest absolute Gasteiger partial charge is 0.240 e. The molecular weight excluding hydrogens is 182 g/mol. The van der Waals surface area contributed by atoms with Gasteiger partial charge in [-0.2, -0.15) is 5.26 Å². The first kappa shape index (κ1) is 8.31. The Morgan fingerprint density at radius 3 is 3.00 bits per heavy atom. The summed E-state index contributed by atoms with van der Waals surface area (Å²) in [7, 11) is 0. The molecule has 0 aliphatic carbocycles. The Balaban J connectivity index is 3.19. The van der Waals surface area contributed by atoms with E-state index in [9.17, 15) is 0 Å². The van der Waals surface area contributed by atoms with Crippen LogP contribution in [0, 0.1) is 11.3 Å². The number of nitrogens with zero attached hydrogens (tertiary/aromatic N) is 3. The van der Waals surface area contributed by atoms with Crippen molar-refractivity contribution in [3.05, 3.63) is 17.0 Å². The minimum Gasteiger partial charge on any atom is -0.240 e. The number of nitriles is 1. The van der Waals surface area contributed by atoms with Crippen LogP contribution < -0.4 is 0 Å². The van der Waals surface area contributed by atoms with Gasteiger partial charge >= 0.3 is 0 Å². The topological polar surface area (TPSA) is 49.6 Å². The summed E-state index contributed by atoms with van der Waals surface area (Å²) >= 11 is 6.91. The van der Waals surface area contributed by atoms with Crippen molar-refractivity contribution in [3.63, 3.8) is 0 Å². The highest BCUT2D eigenvalue weighted by Gasteiger charge is 2.03. The Morgan fingerprint density at radius 2 is 2.45 bits per heavy atom. The molecule has 0 aliphatic heterocycles. The van der Waals surface area contributed by atoms with Crippen molar-refractivity contribution < 1.29 is 0 Å². The van der Waals surface area contributed by atoms with Crippen LogP contribution in [0.2, 0.25) is 5.15 Å². The quantitative estimate of drug-likeness (QED) is 0.626. The molecule has 1 heterocycles. The van der Waals surface area contributed by atoms with Crippen molar-refractivity contribution in [2.75, 3.05) is 6.26 Å². The average Bonchev–Trinajstić information content (AvgIpc) is 2.04. The van der Waals surface area contributed by atoms with Crippen LogP contribution in [0.1, 0.15) is 5.69 Å². The fourth-order valence-corrected chi connectivity index (χ4v) is 1.24. The fourth-order valence-electron chi connectivity index (χ4n) is 0.571. The summed E-state index contributed by atoms with van der Waals surface area (Å²) in [5, 5.41) is 9.41. The van der Waals surface area contributed by atoms with E-state index < -0.39 is 0 Å². The molecule has 56 valence electrons. The van der Waals surface area contributed by atoms with E-state index >= 15 is 0 Å². The van der Waals surface area contributed by atoms with Crippen molar-refractivity contribution in [2.24, 2.45) is 0 Å². The van der Waals surface area contributed by atoms with Crippen LogP contribution in [0.15, 0.2) is 11.2 Å². The first-order valence-corrected chi connectivity index (χ1v) is 4.35. The van der Waals surface area contributed by atoms with Gasteiger partial charge in [0, 0.05) is 0 Å². The number of rotatable bonds is 1. The molecule has 0 aliphatic rings. The maximum absolute atomic E-state index is 8.53. The van der Waals surface area contributed by atoms with Crippen LogP contribution in [0.4, 0.5) is 0 Å². The Morgan fingerprint density at radius 1 is 1.73 bits per heavy atom. The molecule has 1 aromatic rings. The molecule has 0 unspecified atom stereocenters. The van der Waals surface area contributed by atoms with Gasteiger partial charge in [0.15, 0.2) is 5.69 Å². The lowest BCUT2D eigenvalue weighted by Gasteiger charge is -1.96. The van der Waals surface area contributed by atoms with Gasteiger partial charge in [-0.05, 0) is 6.26 Å². The maximum Gasteiger partial charge on any atom is 0.172 e. The monoisotopic (exact) mass is 185 g/mol. The molecule has 0 spiro atoms. The zero-order chi connectivity index (χ0) is 8.27. The molecule has 0 radical (unpaired) electrons. The van der Waals surface area contributed by atoms with E-state index in [4.69, 9.17) is 16.9 Å². The lowest BCUT2D eigenvalue weighted by molar-refractivity contribution is 1.03. The van der Waals surface area contributed by atoms with E-state index in [1.54, 1.807) is 0 Å².